The van der Waals surface area contributed by atoms with Crippen LogP contribution in [-0.2, 0) is 11.3 Å². The second-order valence-electron chi connectivity index (χ2n) is 6.08. The summed E-state index contributed by atoms with van der Waals surface area (Å²) >= 11 is 6.04. The average Bonchev–Trinajstić information content (AvgIpc) is 2.99. The molecule has 3 aromatic rings. The first kappa shape index (κ1) is 19.3. The van der Waals surface area contributed by atoms with Crippen molar-refractivity contribution in [1.82, 2.24) is 25.1 Å². The molecule has 2 aromatic carbocycles. The van der Waals surface area contributed by atoms with Crippen molar-refractivity contribution >= 4 is 29.2 Å². The summed E-state index contributed by atoms with van der Waals surface area (Å²) < 4.78 is 1.81. The van der Waals surface area contributed by atoms with E-state index in [1.54, 1.807) is 36.4 Å². The second kappa shape index (κ2) is 8.05. The van der Waals surface area contributed by atoms with Crippen LogP contribution < -0.4 is 16.3 Å². The lowest BCUT2D eigenvalue weighted by molar-refractivity contribution is -0.120. The number of halogens is 1. The molecule has 0 bridgehead atoms. The van der Waals surface area contributed by atoms with Gasteiger partial charge in [-0.05, 0) is 59.7 Å². The van der Waals surface area contributed by atoms with Gasteiger partial charge in [-0.1, -0.05) is 29.8 Å². The molecule has 1 aromatic heterocycles. The number of aromatic nitrogens is 4. The first-order valence-electron chi connectivity index (χ1n) is 8.31. The minimum atomic E-state index is -0.713. The van der Waals surface area contributed by atoms with Crippen LogP contribution in [0.1, 0.15) is 11.1 Å². The molecule has 0 atom stereocenters. The third kappa shape index (κ3) is 4.26. The molecule has 0 aliphatic carbocycles. The second-order valence-corrected chi connectivity index (χ2v) is 6.49. The Hall–Kier alpha value is -3.46. The van der Waals surface area contributed by atoms with Gasteiger partial charge >= 0.3 is 11.7 Å². The van der Waals surface area contributed by atoms with E-state index >= 15 is 0 Å². The number of benzene rings is 2. The van der Waals surface area contributed by atoms with Crippen molar-refractivity contribution in [2.45, 2.75) is 20.4 Å². The van der Waals surface area contributed by atoms with E-state index in [9.17, 15) is 14.4 Å². The van der Waals surface area contributed by atoms with Crippen LogP contribution in [0.5, 0.6) is 0 Å². The summed E-state index contributed by atoms with van der Waals surface area (Å²) in [6, 6.07) is 11.3. The first-order chi connectivity index (χ1) is 13.3. The van der Waals surface area contributed by atoms with E-state index in [0.717, 1.165) is 20.5 Å². The molecule has 3 rings (SSSR count). The maximum Gasteiger partial charge on any atom is 0.369 e. The number of tetrazole rings is 1. The number of amides is 3. The molecule has 0 unspecified atom stereocenters. The Labute approximate surface area is 164 Å². The van der Waals surface area contributed by atoms with E-state index in [-0.39, 0.29) is 0 Å². The summed E-state index contributed by atoms with van der Waals surface area (Å²) in [7, 11) is 0. The van der Waals surface area contributed by atoms with E-state index in [2.05, 4.69) is 21.1 Å². The largest absolute Gasteiger partial charge is 0.369 e. The zero-order valence-electron chi connectivity index (χ0n) is 15.1. The standard InChI is InChI=1S/C18H17ClN6O3/c1-11-7-8-13(9-12(11)2)20-17(27)21-16(26)10-24-18(28)25(23-22-24)15-6-4-3-5-14(15)19/h3-9H,10H2,1-2H3,(H2,20,21,26,27). The Morgan fingerprint density at radius 2 is 1.82 bits per heavy atom. The number of imide groups is 1. The van der Waals surface area contributed by atoms with Gasteiger partial charge in [0.1, 0.15) is 6.54 Å². The molecule has 0 aliphatic rings. The molecule has 144 valence electrons. The van der Waals surface area contributed by atoms with Gasteiger partial charge in [0.2, 0.25) is 5.91 Å². The number of aryl methyl sites for hydroxylation is 2. The van der Waals surface area contributed by atoms with Crippen LogP contribution in [0.25, 0.3) is 5.69 Å². The van der Waals surface area contributed by atoms with Crippen molar-refractivity contribution in [2.75, 3.05) is 5.32 Å². The summed E-state index contributed by atoms with van der Waals surface area (Å²) in [6.45, 7) is 3.40. The molecule has 1 heterocycles. The summed E-state index contributed by atoms with van der Waals surface area (Å²) in [6.07, 6.45) is 0. The highest BCUT2D eigenvalue weighted by Gasteiger charge is 2.15. The highest BCUT2D eigenvalue weighted by Crippen LogP contribution is 2.16. The van der Waals surface area contributed by atoms with Crippen LogP contribution in [0.3, 0.4) is 0 Å². The number of nitrogens with zero attached hydrogens (tertiary/aromatic N) is 4. The number of nitrogens with one attached hydrogen (secondary N) is 2. The molecular weight excluding hydrogens is 384 g/mol. The van der Waals surface area contributed by atoms with Gasteiger partial charge in [0.15, 0.2) is 0 Å². The minimum absolute atomic E-state index is 0.314. The van der Waals surface area contributed by atoms with Gasteiger partial charge in [-0.25, -0.2) is 9.59 Å². The van der Waals surface area contributed by atoms with E-state index in [4.69, 9.17) is 11.6 Å². The van der Waals surface area contributed by atoms with Crippen molar-refractivity contribution in [3.05, 3.63) is 69.1 Å². The van der Waals surface area contributed by atoms with Crippen LogP contribution in [0.2, 0.25) is 5.02 Å². The Kier molecular flexibility index (Phi) is 5.55. The van der Waals surface area contributed by atoms with Gasteiger partial charge in [-0.15, -0.1) is 0 Å². The van der Waals surface area contributed by atoms with Gasteiger partial charge < -0.3 is 5.32 Å². The van der Waals surface area contributed by atoms with Gasteiger partial charge in [0.05, 0.1) is 10.7 Å². The minimum Gasteiger partial charge on any atom is -0.308 e. The number of para-hydroxylation sites is 1. The number of carbonyl (C=O) groups excluding carboxylic acids is 2. The van der Waals surface area contributed by atoms with Gasteiger partial charge in [-0.2, -0.15) is 9.36 Å². The SMILES string of the molecule is Cc1ccc(NC(=O)NC(=O)Cn2nnn(-c3ccccc3Cl)c2=O)cc1C. The lowest BCUT2D eigenvalue weighted by atomic mass is 10.1. The Morgan fingerprint density at radius 3 is 2.54 bits per heavy atom. The lowest BCUT2D eigenvalue weighted by Crippen LogP contribution is -2.39. The predicted octanol–water partition coefficient (Wildman–Crippen LogP) is 2.05. The van der Waals surface area contributed by atoms with Crippen LogP contribution in [0, 0.1) is 13.8 Å². The van der Waals surface area contributed by atoms with Crippen LogP contribution in [-0.4, -0.2) is 31.7 Å². The monoisotopic (exact) mass is 400 g/mol. The molecule has 28 heavy (non-hydrogen) atoms. The molecule has 3 amide bonds. The summed E-state index contributed by atoms with van der Waals surface area (Å²) in [5, 5.41) is 12.4. The molecule has 10 heteroatoms. The van der Waals surface area contributed by atoms with Gasteiger partial charge in [0.25, 0.3) is 0 Å². The topological polar surface area (TPSA) is 111 Å². The average molecular weight is 401 g/mol. The third-order valence-corrected chi connectivity index (χ3v) is 4.35. The molecule has 0 aliphatic heterocycles. The molecular formula is C18H17ClN6O3. The highest BCUT2D eigenvalue weighted by molar-refractivity contribution is 6.32. The number of hydrogen-bond acceptors (Lipinski definition) is 5. The fourth-order valence-electron chi connectivity index (χ4n) is 2.43. The molecule has 0 spiro atoms. The van der Waals surface area contributed by atoms with Crippen molar-refractivity contribution in [2.24, 2.45) is 0 Å². The molecule has 9 nitrogen and oxygen atoms in total. The number of rotatable bonds is 4. The molecule has 0 saturated heterocycles. The van der Waals surface area contributed by atoms with E-state index in [0.29, 0.717) is 16.4 Å². The first-order valence-corrected chi connectivity index (χ1v) is 8.69. The molecule has 0 radical (unpaired) electrons. The maximum atomic E-state index is 12.4. The smallest absolute Gasteiger partial charge is 0.308 e. The van der Waals surface area contributed by atoms with Gasteiger partial charge in [0, 0.05) is 5.69 Å². The third-order valence-electron chi connectivity index (χ3n) is 4.03. The van der Waals surface area contributed by atoms with E-state index in [1.807, 2.05) is 19.9 Å². The number of anilines is 1. The fraction of sp³-hybridized carbons (Fsp3) is 0.167. The van der Waals surface area contributed by atoms with Crippen LogP contribution in [0.15, 0.2) is 47.3 Å². The van der Waals surface area contributed by atoms with Gasteiger partial charge in [-0.3, -0.25) is 10.1 Å². The zero-order valence-corrected chi connectivity index (χ0v) is 15.9. The molecule has 0 saturated carbocycles. The number of hydrogen-bond donors (Lipinski definition) is 2. The number of urea groups is 1. The Balaban J connectivity index is 1.65. The fourth-order valence-corrected chi connectivity index (χ4v) is 2.65. The Morgan fingerprint density at radius 1 is 1.07 bits per heavy atom. The Bertz CT molecular complexity index is 1100. The van der Waals surface area contributed by atoms with Crippen LogP contribution >= 0.6 is 11.6 Å². The quantitative estimate of drug-likeness (QED) is 0.696. The summed E-state index contributed by atoms with van der Waals surface area (Å²) in [4.78, 5) is 36.4. The maximum absolute atomic E-state index is 12.4. The van der Waals surface area contributed by atoms with E-state index in [1.165, 1.54) is 0 Å². The van der Waals surface area contributed by atoms with Crippen molar-refractivity contribution in [1.29, 1.82) is 0 Å². The molecule has 2 N–H and O–H groups in total. The summed E-state index contributed by atoms with van der Waals surface area (Å²) in [5.74, 6) is -0.713. The predicted molar refractivity (Wildman–Crippen MR) is 104 cm³/mol. The van der Waals surface area contributed by atoms with Crippen LogP contribution in [0.4, 0.5) is 10.5 Å². The molecule has 0 fully saturated rings. The van der Waals surface area contributed by atoms with Crippen molar-refractivity contribution in [3.63, 3.8) is 0 Å². The normalized spacial score (nSPS) is 10.5. The summed E-state index contributed by atoms with van der Waals surface area (Å²) in [5.41, 5.74) is 2.33. The number of carbonyl (C=O) groups is 2. The lowest BCUT2D eigenvalue weighted by Gasteiger charge is -2.08. The van der Waals surface area contributed by atoms with Crippen molar-refractivity contribution < 1.29 is 9.59 Å². The highest BCUT2D eigenvalue weighted by atomic mass is 35.5. The zero-order chi connectivity index (χ0) is 20.3. The van der Waals surface area contributed by atoms with Crippen molar-refractivity contribution in [3.8, 4) is 5.69 Å². The van der Waals surface area contributed by atoms with E-state index < -0.39 is 24.2 Å².